The Balaban J connectivity index is 1.82. The highest BCUT2D eigenvalue weighted by atomic mass is 35.5. The molecule has 0 unspecified atom stereocenters. The lowest BCUT2D eigenvalue weighted by Crippen LogP contribution is -2.29. The standard InChI is InChI=1S/C29H35ClN6O3/c1-6-21-9-19-13-36(14-20(19)11-33-21)29-16(2)27(26(17(3)31)18(4)37)34-28(35-29)24-10-23(7-8-25(24)30)39-15-22(38)12-32-5/h7-11,22,31-32,37-38H,6,12-15H2,1-5H3/b26-18+,31-17?/t22-/m1/s1. The summed E-state index contributed by atoms with van der Waals surface area (Å²) in [6.45, 7) is 8.96. The van der Waals surface area contributed by atoms with Gasteiger partial charge in [-0.15, -0.1) is 0 Å². The van der Waals surface area contributed by atoms with E-state index in [4.69, 9.17) is 31.7 Å². The van der Waals surface area contributed by atoms with Crippen LogP contribution in [0.4, 0.5) is 5.82 Å². The van der Waals surface area contributed by atoms with Gasteiger partial charge in [0.2, 0.25) is 0 Å². The van der Waals surface area contributed by atoms with Gasteiger partial charge in [-0.3, -0.25) is 4.98 Å². The van der Waals surface area contributed by atoms with Gasteiger partial charge in [-0.25, -0.2) is 9.97 Å². The number of nitrogens with zero attached hydrogens (tertiary/aromatic N) is 4. The molecule has 0 radical (unpaired) electrons. The number of hydrogen-bond acceptors (Lipinski definition) is 9. The second kappa shape index (κ2) is 12.1. The van der Waals surface area contributed by atoms with Gasteiger partial charge in [-0.05, 0) is 69.6 Å². The first-order chi connectivity index (χ1) is 18.6. The molecule has 9 nitrogen and oxygen atoms in total. The van der Waals surface area contributed by atoms with Crippen molar-refractivity contribution in [2.75, 3.05) is 25.1 Å². The number of benzene rings is 1. The summed E-state index contributed by atoms with van der Waals surface area (Å²) < 4.78 is 5.80. The molecule has 0 saturated carbocycles. The molecule has 4 N–H and O–H groups in total. The van der Waals surface area contributed by atoms with Crippen molar-refractivity contribution in [2.24, 2.45) is 0 Å². The fraction of sp³-hybridized carbons (Fsp3) is 0.379. The predicted molar refractivity (Wildman–Crippen MR) is 155 cm³/mol. The van der Waals surface area contributed by atoms with E-state index in [2.05, 4.69) is 28.2 Å². The van der Waals surface area contributed by atoms with Gasteiger partial charge in [0.1, 0.15) is 30.0 Å². The van der Waals surface area contributed by atoms with Crippen LogP contribution in [0.25, 0.3) is 17.0 Å². The summed E-state index contributed by atoms with van der Waals surface area (Å²) in [6.07, 6.45) is 2.12. The summed E-state index contributed by atoms with van der Waals surface area (Å²) in [5, 5.41) is 32.3. The first-order valence-corrected chi connectivity index (χ1v) is 13.3. The Morgan fingerprint density at radius 1 is 1.21 bits per heavy atom. The number of hydrogen-bond donors (Lipinski definition) is 4. The van der Waals surface area contributed by atoms with Crippen LogP contribution in [0.1, 0.15) is 48.8 Å². The number of pyridine rings is 1. The summed E-state index contributed by atoms with van der Waals surface area (Å²) in [6, 6.07) is 7.32. The Hall–Kier alpha value is -3.53. The topological polar surface area (TPSA) is 127 Å². The molecular weight excluding hydrogens is 516 g/mol. The molecule has 0 aliphatic carbocycles. The van der Waals surface area contributed by atoms with Gasteiger partial charge in [-0.1, -0.05) is 18.5 Å². The average Bonchev–Trinajstić information content (AvgIpc) is 3.32. The maximum atomic E-state index is 10.5. The van der Waals surface area contributed by atoms with Crippen molar-refractivity contribution in [3.63, 3.8) is 0 Å². The van der Waals surface area contributed by atoms with Gasteiger partial charge in [0.25, 0.3) is 0 Å². The number of nitrogens with one attached hydrogen (secondary N) is 2. The molecule has 0 fully saturated rings. The molecule has 0 spiro atoms. The number of aromatic nitrogens is 3. The fourth-order valence-corrected chi connectivity index (χ4v) is 4.93. The first kappa shape index (κ1) is 28.5. The second-order valence-electron chi connectivity index (χ2n) is 9.75. The smallest absolute Gasteiger partial charge is 0.163 e. The molecule has 10 heteroatoms. The molecule has 206 valence electrons. The molecule has 2 aromatic heterocycles. The van der Waals surface area contributed by atoms with Crippen LogP contribution in [-0.2, 0) is 19.5 Å². The lowest BCUT2D eigenvalue weighted by molar-refractivity contribution is 0.108. The third-order valence-electron chi connectivity index (χ3n) is 6.68. The molecule has 1 aliphatic heterocycles. The predicted octanol–water partition coefficient (Wildman–Crippen LogP) is 4.87. The zero-order chi connectivity index (χ0) is 28.3. The van der Waals surface area contributed by atoms with Crippen LogP contribution in [0.5, 0.6) is 5.75 Å². The number of fused-ring (bicyclic) bond motifs is 1. The Labute approximate surface area is 234 Å². The number of aliphatic hydroxyl groups is 2. The van der Waals surface area contributed by atoms with E-state index in [1.165, 1.54) is 5.56 Å². The number of aryl methyl sites for hydroxylation is 1. The molecule has 3 aromatic rings. The van der Waals surface area contributed by atoms with E-state index in [0.717, 1.165) is 23.2 Å². The molecule has 39 heavy (non-hydrogen) atoms. The highest BCUT2D eigenvalue weighted by Crippen LogP contribution is 2.37. The zero-order valence-corrected chi connectivity index (χ0v) is 23.7. The third-order valence-corrected chi connectivity index (χ3v) is 7.01. The Morgan fingerprint density at radius 3 is 2.62 bits per heavy atom. The van der Waals surface area contributed by atoms with Gasteiger partial charge in [-0.2, -0.15) is 0 Å². The summed E-state index contributed by atoms with van der Waals surface area (Å²) in [5.41, 5.74) is 5.69. The van der Waals surface area contributed by atoms with E-state index in [1.54, 1.807) is 39.1 Å². The first-order valence-electron chi connectivity index (χ1n) is 12.9. The number of anilines is 1. The molecule has 1 aliphatic rings. The van der Waals surface area contributed by atoms with Crippen LogP contribution in [0.3, 0.4) is 0 Å². The van der Waals surface area contributed by atoms with Crippen LogP contribution in [0.2, 0.25) is 5.02 Å². The maximum Gasteiger partial charge on any atom is 0.163 e. The van der Waals surface area contributed by atoms with E-state index in [9.17, 15) is 10.2 Å². The van der Waals surface area contributed by atoms with Crippen molar-refractivity contribution < 1.29 is 14.9 Å². The maximum absolute atomic E-state index is 10.5. The van der Waals surface area contributed by atoms with Crippen molar-refractivity contribution >= 4 is 28.7 Å². The number of halogens is 1. The molecule has 0 bridgehead atoms. The monoisotopic (exact) mass is 550 g/mol. The normalized spacial score (nSPS) is 14.2. The summed E-state index contributed by atoms with van der Waals surface area (Å²) in [4.78, 5) is 16.5. The molecule has 3 heterocycles. The van der Waals surface area contributed by atoms with Crippen LogP contribution < -0.4 is 15.0 Å². The van der Waals surface area contributed by atoms with Gasteiger partial charge in [0, 0.05) is 48.4 Å². The SMILES string of the molecule is CCc1cc2c(cn1)CN(c1nc(-c3cc(OC[C@H](O)CNC)ccc3Cl)nc(/C(C(C)=N)=C(\C)O)c1C)C2. The van der Waals surface area contributed by atoms with E-state index < -0.39 is 6.10 Å². The second-order valence-corrected chi connectivity index (χ2v) is 10.2. The van der Waals surface area contributed by atoms with Crippen LogP contribution in [0, 0.1) is 12.3 Å². The van der Waals surface area contributed by atoms with Gasteiger partial charge < -0.3 is 30.6 Å². The van der Waals surface area contributed by atoms with Crippen molar-refractivity contribution in [1.82, 2.24) is 20.3 Å². The minimum atomic E-state index is -0.668. The lowest BCUT2D eigenvalue weighted by atomic mass is 10.0. The molecule has 0 amide bonds. The van der Waals surface area contributed by atoms with Crippen LogP contribution in [0.15, 0.2) is 36.2 Å². The average molecular weight is 551 g/mol. The van der Waals surface area contributed by atoms with Crippen molar-refractivity contribution in [3.05, 3.63) is 69.3 Å². The summed E-state index contributed by atoms with van der Waals surface area (Å²) >= 11 is 6.64. The highest BCUT2D eigenvalue weighted by Gasteiger charge is 2.27. The third kappa shape index (κ3) is 6.21. The van der Waals surface area contributed by atoms with E-state index in [1.807, 2.05) is 13.1 Å². The van der Waals surface area contributed by atoms with E-state index >= 15 is 0 Å². The highest BCUT2D eigenvalue weighted by molar-refractivity contribution is 6.33. The van der Waals surface area contributed by atoms with Crippen molar-refractivity contribution in [1.29, 1.82) is 5.41 Å². The minimum Gasteiger partial charge on any atom is -0.512 e. The van der Waals surface area contributed by atoms with E-state index in [-0.39, 0.29) is 18.1 Å². The van der Waals surface area contributed by atoms with Crippen LogP contribution >= 0.6 is 11.6 Å². The number of allylic oxidation sites excluding steroid dienone is 2. The van der Waals surface area contributed by atoms with E-state index in [0.29, 0.717) is 58.9 Å². The number of rotatable bonds is 10. The number of ether oxygens (including phenoxy) is 1. The minimum absolute atomic E-state index is 0.00407. The van der Waals surface area contributed by atoms with Gasteiger partial charge >= 0.3 is 0 Å². The molecular formula is C29H35ClN6O3. The fourth-order valence-electron chi connectivity index (χ4n) is 4.72. The van der Waals surface area contributed by atoms with Crippen molar-refractivity contribution in [2.45, 2.75) is 53.3 Å². The van der Waals surface area contributed by atoms with Gasteiger partial charge in [0.05, 0.1) is 16.3 Å². The Morgan fingerprint density at radius 2 is 1.95 bits per heavy atom. The van der Waals surface area contributed by atoms with Crippen LogP contribution in [-0.4, -0.2) is 57.2 Å². The zero-order valence-electron chi connectivity index (χ0n) is 23.0. The number of likely N-dealkylation sites (N-methyl/N-ethyl adjacent to an activating group) is 1. The number of aliphatic hydroxyl groups excluding tert-OH is 2. The summed E-state index contributed by atoms with van der Waals surface area (Å²) in [7, 11) is 1.76. The van der Waals surface area contributed by atoms with Crippen molar-refractivity contribution in [3.8, 4) is 17.1 Å². The summed E-state index contributed by atoms with van der Waals surface area (Å²) in [5.74, 6) is 1.56. The molecule has 0 saturated heterocycles. The molecule has 1 aromatic carbocycles. The van der Waals surface area contributed by atoms with Gasteiger partial charge in [0.15, 0.2) is 5.82 Å². The molecule has 1 atom stereocenters. The quantitative estimate of drug-likeness (QED) is 0.208. The Bertz CT molecular complexity index is 1420. The molecule has 4 rings (SSSR count). The lowest BCUT2D eigenvalue weighted by Gasteiger charge is -2.23. The Kier molecular flexibility index (Phi) is 8.84. The largest absolute Gasteiger partial charge is 0.512 e.